The molecule has 0 bridgehead atoms. The van der Waals surface area contributed by atoms with Gasteiger partial charge in [-0.1, -0.05) is 20.8 Å². The number of nitrogens with one attached hydrogen (secondary N) is 2. The maximum Gasteiger partial charge on any atom is 0.00557 e. The third-order valence-corrected chi connectivity index (χ3v) is 1.88. The molecule has 0 aromatic carbocycles. The Balaban J connectivity index is 3.46. The molecule has 0 radical (unpaired) electrons. The first-order valence-corrected chi connectivity index (χ1v) is 5.05. The predicted octanol–water partition coefficient (Wildman–Crippen LogP) is 1.76. The molecule has 0 aromatic rings. The first-order valence-electron chi connectivity index (χ1n) is 5.05. The van der Waals surface area contributed by atoms with E-state index in [1.807, 2.05) is 0 Å². The van der Waals surface area contributed by atoms with E-state index >= 15 is 0 Å². The van der Waals surface area contributed by atoms with Crippen LogP contribution in [0.15, 0.2) is 0 Å². The van der Waals surface area contributed by atoms with Gasteiger partial charge in [0.1, 0.15) is 0 Å². The van der Waals surface area contributed by atoms with E-state index in [1.54, 1.807) is 0 Å². The second kappa shape index (κ2) is 6.44. The van der Waals surface area contributed by atoms with Crippen molar-refractivity contribution in [1.82, 2.24) is 10.6 Å². The third kappa shape index (κ3) is 6.62. The first-order chi connectivity index (χ1) is 5.56. The molecule has 12 heavy (non-hydrogen) atoms. The molecule has 0 saturated carbocycles. The number of hydrogen-bond acceptors (Lipinski definition) is 2. The smallest absolute Gasteiger partial charge is 0.00557 e. The van der Waals surface area contributed by atoms with E-state index in [1.165, 1.54) is 6.42 Å². The van der Waals surface area contributed by atoms with Gasteiger partial charge >= 0.3 is 0 Å². The molecule has 0 aliphatic carbocycles. The van der Waals surface area contributed by atoms with Crippen molar-refractivity contribution in [3.05, 3.63) is 0 Å². The molecular weight excluding hydrogens is 148 g/mol. The van der Waals surface area contributed by atoms with Crippen LogP contribution in [0.4, 0.5) is 0 Å². The van der Waals surface area contributed by atoms with Crippen molar-refractivity contribution in [3.63, 3.8) is 0 Å². The Bertz CT molecular complexity index is 102. The summed E-state index contributed by atoms with van der Waals surface area (Å²) in [6, 6.07) is 1.82. The molecule has 2 heteroatoms. The van der Waals surface area contributed by atoms with E-state index in [4.69, 9.17) is 0 Å². The van der Waals surface area contributed by atoms with E-state index in [2.05, 4.69) is 45.3 Å². The minimum absolute atomic E-state index is 0.592. The van der Waals surface area contributed by atoms with Gasteiger partial charge in [-0.25, -0.2) is 0 Å². The van der Waals surface area contributed by atoms with Crippen molar-refractivity contribution in [2.45, 2.75) is 59.2 Å². The third-order valence-electron chi connectivity index (χ3n) is 1.88. The van der Waals surface area contributed by atoms with Gasteiger partial charge in [0.05, 0.1) is 0 Å². The molecule has 0 heterocycles. The maximum absolute atomic E-state index is 3.49. The SMILES string of the molecule is CCNC(C)CC(C)NC(C)C. The maximum atomic E-state index is 3.49. The van der Waals surface area contributed by atoms with Gasteiger partial charge in [0, 0.05) is 18.1 Å². The summed E-state index contributed by atoms with van der Waals surface area (Å²) in [6.07, 6.45) is 1.20. The van der Waals surface area contributed by atoms with Crippen LogP contribution in [0.5, 0.6) is 0 Å². The van der Waals surface area contributed by atoms with Crippen molar-refractivity contribution in [3.8, 4) is 0 Å². The Labute approximate surface area is 77.1 Å². The number of hydrogen-bond donors (Lipinski definition) is 2. The normalized spacial score (nSPS) is 16.5. The van der Waals surface area contributed by atoms with Crippen LogP contribution in [0, 0.1) is 0 Å². The minimum Gasteiger partial charge on any atom is -0.314 e. The van der Waals surface area contributed by atoms with Gasteiger partial charge < -0.3 is 10.6 Å². The second-order valence-corrected chi connectivity index (χ2v) is 3.92. The molecule has 0 aromatic heterocycles. The Morgan fingerprint density at radius 3 is 2.00 bits per heavy atom. The minimum atomic E-state index is 0.592. The van der Waals surface area contributed by atoms with E-state index in [9.17, 15) is 0 Å². The molecule has 0 fully saturated rings. The summed E-state index contributed by atoms with van der Waals surface area (Å²) >= 11 is 0. The van der Waals surface area contributed by atoms with Gasteiger partial charge in [-0.05, 0) is 26.8 Å². The summed E-state index contributed by atoms with van der Waals surface area (Å²) in [7, 11) is 0. The van der Waals surface area contributed by atoms with Crippen LogP contribution in [0.1, 0.15) is 41.0 Å². The molecule has 74 valence electrons. The Morgan fingerprint density at radius 1 is 1.00 bits per heavy atom. The fraction of sp³-hybridized carbons (Fsp3) is 1.00. The summed E-state index contributed by atoms with van der Waals surface area (Å²) in [4.78, 5) is 0. The molecule has 2 atom stereocenters. The van der Waals surface area contributed by atoms with E-state index < -0.39 is 0 Å². The molecule has 0 aliphatic heterocycles. The molecule has 2 unspecified atom stereocenters. The lowest BCUT2D eigenvalue weighted by molar-refractivity contribution is 0.408. The predicted molar refractivity (Wildman–Crippen MR) is 55.5 cm³/mol. The monoisotopic (exact) mass is 172 g/mol. The number of rotatable bonds is 6. The molecule has 0 amide bonds. The lowest BCUT2D eigenvalue weighted by atomic mass is 10.1. The summed E-state index contributed by atoms with van der Waals surface area (Å²) in [6.45, 7) is 12.1. The van der Waals surface area contributed by atoms with Crippen molar-refractivity contribution < 1.29 is 0 Å². The van der Waals surface area contributed by atoms with Crippen LogP contribution in [-0.4, -0.2) is 24.7 Å². The highest BCUT2D eigenvalue weighted by atomic mass is 15.0. The fourth-order valence-electron chi connectivity index (χ4n) is 1.60. The summed E-state index contributed by atoms with van der Waals surface area (Å²) in [5.74, 6) is 0. The van der Waals surface area contributed by atoms with E-state index in [0.29, 0.717) is 18.1 Å². The quantitative estimate of drug-likeness (QED) is 0.638. The van der Waals surface area contributed by atoms with Crippen LogP contribution in [0.2, 0.25) is 0 Å². The fourth-order valence-corrected chi connectivity index (χ4v) is 1.60. The highest BCUT2D eigenvalue weighted by Gasteiger charge is 2.07. The topological polar surface area (TPSA) is 24.1 Å². The second-order valence-electron chi connectivity index (χ2n) is 3.92. The molecule has 0 saturated heterocycles. The lowest BCUT2D eigenvalue weighted by Gasteiger charge is -2.21. The van der Waals surface area contributed by atoms with E-state index in [-0.39, 0.29) is 0 Å². The zero-order valence-corrected chi connectivity index (χ0v) is 9.15. The Hall–Kier alpha value is -0.0800. The van der Waals surface area contributed by atoms with Crippen molar-refractivity contribution in [2.75, 3.05) is 6.54 Å². The van der Waals surface area contributed by atoms with Gasteiger partial charge in [0.25, 0.3) is 0 Å². The van der Waals surface area contributed by atoms with Crippen LogP contribution < -0.4 is 10.6 Å². The molecule has 0 rings (SSSR count). The average molecular weight is 172 g/mol. The van der Waals surface area contributed by atoms with Gasteiger partial charge in [0.2, 0.25) is 0 Å². The summed E-state index contributed by atoms with van der Waals surface area (Å²) in [5, 5.41) is 6.90. The highest BCUT2D eigenvalue weighted by Crippen LogP contribution is 1.98. The standard InChI is InChI=1S/C10H24N2/c1-6-11-9(4)7-10(5)12-8(2)3/h8-12H,6-7H2,1-5H3. The van der Waals surface area contributed by atoms with Gasteiger partial charge in [-0.3, -0.25) is 0 Å². The van der Waals surface area contributed by atoms with Gasteiger partial charge in [-0.15, -0.1) is 0 Å². The summed E-state index contributed by atoms with van der Waals surface area (Å²) < 4.78 is 0. The largest absolute Gasteiger partial charge is 0.314 e. The van der Waals surface area contributed by atoms with Crippen molar-refractivity contribution >= 4 is 0 Å². The van der Waals surface area contributed by atoms with Crippen LogP contribution in [0.25, 0.3) is 0 Å². The van der Waals surface area contributed by atoms with Crippen molar-refractivity contribution in [1.29, 1.82) is 0 Å². The first kappa shape index (κ1) is 11.9. The van der Waals surface area contributed by atoms with Crippen LogP contribution >= 0.6 is 0 Å². The molecule has 0 spiro atoms. The molecule has 2 N–H and O–H groups in total. The van der Waals surface area contributed by atoms with Crippen LogP contribution in [-0.2, 0) is 0 Å². The van der Waals surface area contributed by atoms with Gasteiger partial charge in [0.15, 0.2) is 0 Å². The highest BCUT2D eigenvalue weighted by molar-refractivity contribution is 4.70. The Morgan fingerprint density at radius 2 is 1.58 bits per heavy atom. The Kier molecular flexibility index (Phi) is 6.39. The van der Waals surface area contributed by atoms with Crippen molar-refractivity contribution in [2.24, 2.45) is 0 Å². The lowest BCUT2D eigenvalue weighted by Crippen LogP contribution is -2.38. The van der Waals surface area contributed by atoms with E-state index in [0.717, 1.165) is 6.54 Å². The zero-order valence-electron chi connectivity index (χ0n) is 9.15. The zero-order chi connectivity index (χ0) is 9.56. The van der Waals surface area contributed by atoms with Crippen LogP contribution in [0.3, 0.4) is 0 Å². The average Bonchev–Trinajstić information content (AvgIpc) is 1.84. The molecule has 2 nitrogen and oxygen atoms in total. The summed E-state index contributed by atoms with van der Waals surface area (Å²) in [5.41, 5.74) is 0. The van der Waals surface area contributed by atoms with Gasteiger partial charge in [-0.2, -0.15) is 0 Å². The molecular formula is C10H24N2. The molecule has 0 aliphatic rings.